The minimum Gasteiger partial charge on any atom is -0.481 e. The first-order valence-electron chi connectivity index (χ1n) is 10.1. The van der Waals surface area contributed by atoms with Crippen LogP contribution in [0.3, 0.4) is 0 Å². The van der Waals surface area contributed by atoms with E-state index in [1.165, 1.54) is 0 Å². The molecule has 0 atom stereocenters. The quantitative estimate of drug-likeness (QED) is 0.475. The molecule has 0 bridgehead atoms. The highest BCUT2D eigenvalue weighted by atomic mass is 16.5. The predicted octanol–water partition coefficient (Wildman–Crippen LogP) is 4.64. The van der Waals surface area contributed by atoms with Crippen molar-refractivity contribution in [1.82, 2.24) is 10.3 Å². The van der Waals surface area contributed by atoms with E-state index in [4.69, 9.17) is 4.74 Å². The molecule has 4 heteroatoms. The predicted molar refractivity (Wildman–Crippen MR) is 124 cm³/mol. The van der Waals surface area contributed by atoms with Crippen molar-refractivity contribution in [3.8, 4) is 28.7 Å². The fourth-order valence-corrected chi connectivity index (χ4v) is 3.21. The van der Waals surface area contributed by atoms with Crippen LogP contribution in [0.15, 0.2) is 91.1 Å². The molecule has 1 heterocycles. The number of nitrogens with zero attached hydrogens (tertiary/aromatic N) is 1. The molecule has 4 rings (SSSR count). The second kappa shape index (κ2) is 10.1. The number of pyridine rings is 1. The zero-order chi connectivity index (χ0) is 21.3. The number of rotatable bonds is 6. The molecule has 0 saturated carbocycles. The van der Waals surface area contributed by atoms with E-state index in [9.17, 15) is 4.79 Å². The summed E-state index contributed by atoms with van der Waals surface area (Å²) in [7, 11) is 0. The smallest absolute Gasteiger partial charge is 0.225 e. The molecule has 0 fully saturated rings. The number of hydrogen-bond donors (Lipinski definition) is 1. The molecule has 0 unspecified atom stereocenters. The average Bonchev–Trinajstić information content (AvgIpc) is 2.82. The van der Waals surface area contributed by atoms with Gasteiger partial charge in [0.05, 0.1) is 18.5 Å². The van der Waals surface area contributed by atoms with Crippen molar-refractivity contribution in [3.05, 3.63) is 96.7 Å². The van der Waals surface area contributed by atoms with Gasteiger partial charge < -0.3 is 10.1 Å². The Morgan fingerprint density at radius 3 is 2.52 bits per heavy atom. The summed E-state index contributed by atoms with van der Waals surface area (Å²) < 4.78 is 5.64. The van der Waals surface area contributed by atoms with Crippen molar-refractivity contribution in [2.75, 3.05) is 13.2 Å². The monoisotopic (exact) mass is 406 g/mol. The first-order chi connectivity index (χ1) is 15.3. The van der Waals surface area contributed by atoms with Crippen LogP contribution < -0.4 is 10.1 Å². The Hall–Kier alpha value is -4.10. The summed E-state index contributed by atoms with van der Waals surface area (Å²) in [5.41, 5.74) is 4.16. The summed E-state index contributed by atoms with van der Waals surface area (Å²) in [6.07, 6.45) is 2.09. The normalized spacial score (nSPS) is 10.2. The average molecular weight is 406 g/mol. The van der Waals surface area contributed by atoms with Crippen molar-refractivity contribution in [1.29, 1.82) is 0 Å². The molecule has 4 nitrogen and oxygen atoms in total. The Kier molecular flexibility index (Phi) is 6.57. The number of amides is 1. The zero-order valence-electron chi connectivity index (χ0n) is 17.0. The fraction of sp³-hybridized carbons (Fsp3) is 0.111. The van der Waals surface area contributed by atoms with E-state index < -0.39 is 0 Å². The standard InChI is InChI=1S/C27H22N2O2/c30-27(19-21-10-12-23(13-11-21)22-7-2-1-3-8-22)29-16-4-5-18-31-25-15-14-24-9-6-17-28-26(24)20-25/h1-3,6-15,17,20H,16,18-19H2,(H,29,30). The first-order valence-corrected chi connectivity index (χ1v) is 10.1. The lowest BCUT2D eigenvalue weighted by molar-refractivity contribution is -0.120. The second-order valence-corrected chi connectivity index (χ2v) is 7.02. The SMILES string of the molecule is O=C(Cc1ccc(-c2ccccc2)cc1)NCC#CCOc1ccc2cccnc2c1. The van der Waals surface area contributed by atoms with Crippen LogP contribution in [0.4, 0.5) is 0 Å². The molecule has 0 spiro atoms. The largest absolute Gasteiger partial charge is 0.481 e. The molecule has 3 aromatic carbocycles. The van der Waals surface area contributed by atoms with E-state index in [0.717, 1.165) is 33.3 Å². The molecular weight excluding hydrogens is 384 g/mol. The highest BCUT2D eigenvalue weighted by Crippen LogP contribution is 2.20. The maximum absolute atomic E-state index is 12.1. The van der Waals surface area contributed by atoms with Crippen LogP contribution in [0, 0.1) is 11.8 Å². The molecule has 152 valence electrons. The molecule has 1 amide bonds. The highest BCUT2D eigenvalue weighted by molar-refractivity contribution is 5.80. The third-order valence-corrected chi connectivity index (χ3v) is 4.81. The van der Waals surface area contributed by atoms with Gasteiger partial charge in [0.1, 0.15) is 12.4 Å². The van der Waals surface area contributed by atoms with E-state index in [0.29, 0.717) is 13.0 Å². The Balaban J connectivity index is 1.20. The van der Waals surface area contributed by atoms with Crippen molar-refractivity contribution < 1.29 is 9.53 Å². The lowest BCUT2D eigenvalue weighted by Crippen LogP contribution is -2.25. The van der Waals surface area contributed by atoms with Crippen LogP contribution in [-0.4, -0.2) is 24.0 Å². The maximum Gasteiger partial charge on any atom is 0.225 e. The summed E-state index contributed by atoms with van der Waals surface area (Å²) in [6.45, 7) is 0.554. The van der Waals surface area contributed by atoms with E-state index in [1.807, 2.05) is 72.8 Å². The first kappa shape index (κ1) is 20.2. The topological polar surface area (TPSA) is 51.2 Å². The van der Waals surface area contributed by atoms with Crippen LogP contribution in [0.25, 0.3) is 22.0 Å². The van der Waals surface area contributed by atoms with Crippen molar-refractivity contribution in [3.63, 3.8) is 0 Å². The molecule has 0 aliphatic rings. The zero-order valence-corrected chi connectivity index (χ0v) is 17.0. The highest BCUT2D eigenvalue weighted by Gasteiger charge is 2.03. The summed E-state index contributed by atoms with van der Waals surface area (Å²) >= 11 is 0. The maximum atomic E-state index is 12.1. The summed E-state index contributed by atoms with van der Waals surface area (Å²) in [4.78, 5) is 16.4. The van der Waals surface area contributed by atoms with Gasteiger partial charge in [0.2, 0.25) is 5.91 Å². The van der Waals surface area contributed by atoms with Gasteiger partial charge in [0.25, 0.3) is 0 Å². The van der Waals surface area contributed by atoms with Gasteiger partial charge >= 0.3 is 0 Å². The van der Waals surface area contributed by atoms with Crippen molar-refractivity contribution >= 4 is 16.8 Å². The lowest BCUT2D eigenvalue weighted by atomic mass is 10.0. The molecule has 1 aromatic heterocycles. The molecular formula is C27H22N2O2. The molecule has 31 heavy (non-hydrogen) atoms. The third kappa shape index (κ3) is 5.71. The molecule has 0 aliphatic carbocycles. The summed E-state index contributed by atoms with van der Waals surface area (Å²) in [6, 6.07) is 27.9. The Morgan fingerprint density at radius 1 is 0.871 bits per heavy atom. The summed E-state index contributed by atoms with van der Waals surface area (Å²) in [5, 5.41) is 3.89. The van der Waals surface area contributed by atoms with Gasteiger partial charge in [-0.25, -0.2) is 0 Å². The molecule has 0 radical (unpaired) electrons. The van der Waals surface area contributed by atoms with E-state index in [1.54, 1.807) is 6.20 Å². The van der Waals surface area contributed by atoms with Gasteiger partial charge in [0, 0.05) is 17.6 Å². The van der Waals surface area contributed by atoms with Crippen LogP contribution in [0.1, 0.15) is 5.56 Å². The number of fused-ring (bicyclic) bond motifs is 1. The lowest BCUT2D eigenvalue weighted by Gasteiger charge is -2.05. The number of nitrogens with one attached hydrogen (secondary N) is 1. The minimum absolute atomic E-state index is 0.0525. The van der Waals surface area contributed by atoms with Crippen LogP contribution in [0.2, 0.25) is 0 Å². The molecule has 1 N–H and O–H groups in total. The second-order valence-electron chi connectivity index (χ2n) is 7.02. The molecule has 0 saturated heterocycles. The van der Waals surface area contributed by atoms with Crippen LogP contribution in [0.5, 0.6) is 5.75 Å². The number of hydrogen-bond acceptors (Lipinski definition) is 3. The third-order valence-electron chi connectivity index (χ3n) is 4.81. The van der Waals surface area contributed by atoms with Crippen LogP contribution >= 0.6 is 0 Å². The summed E-state index contributed by atoms with van der Waals surface area (Å²) in [5.74, 6) is 6.51. The number of carbonyl (C=O) groups is 1. The number of carbonyl (C=O) groups excluding carboxylic acids is 1. The van der Waals surface area contributed by atoms with Gasteiger partial charge in [-0.2, -0.15) is 0 Å². The molecule has 0 aliphatic heterocycles. The van der Waals surface area contributed by atoms with Gasteiger partial charge in [-0.3, -0.25) is 9.78 Å². The Bertz CT molecular complexity index is 1220. The molecule has 4 aromatic rings. The van der Waals surface area contributed by atoms with Gasteiger partial charge in [0.15, 0.2) is 0 Å². The van der Waals surface area contributed by atoms with E-state index >= 15 is 0 Å². The minimum atomic E-state index is -0.0525. The Labute approximate surface area is 181 Å². The fourth-order valence-electron chi connectivity index (χ4n) is 3.21. The van der Waals surface area contributed by atoms with Gasteiger partial charge in [-0.15, -0.1) is 0 Å². The van der Waals surface area contributed by atoms with Crippen LogP contribution in [-0.2, 0) is 11.2 Å². The van der Waals surface area contributed by atoms with Crippen molar-refractivity contribution in [2.45, 2.75) is 6.42 Å². The number of benzene rings is 3. The number of aromatic nitrogens is 1. The number of ether oxygens (including phenoxy) is 1. The van der Waals surface area contributed by atoms with E-state index in [-0.39, 0.29) is 12.5 Å². The van der Waals surface area contributed by atoms with Crippen molar-refractivity contribution in [2.24, 2.45) is 0 Å². The van der Waals surface area contributed by atoms with E-state index in [2.05, 4.69) is 34.3 Å². The van der Waals surface area contributed by atoms with Gasteiger partial charge in [-0.05, 0) is 34.9 Å². The van der Waals surface area contributed by atoms with Gasteiger partial charge in [-0.1, -0.05) is 72.5 Å². The Morgan fingerprint density at radius 2 is 1.68 bits per heavy atom.